The van der Waals surface area contributed by atoms with Crippen LogP contribution >= 0.6 is 0 Å². The Bertz CT molecular complexity index is 782. The molecule has 1 aliphatic rings. The fourth-order valence-corrected chi connectivity index (χ4v) is 2.98. The molecule has 1 aromatic heterocycles. The first-order valence-electron chi connectivity index (χ1n) is 9.07. The number of nitrogens with one attached hydrogen (secondary N) is 1. The van der Waals surface area contributed by atoms with E-state index in [0.29, 0.717) is 31.1 Å². The molecule has 0 atom stereocenters. The lowest BCUT2D eigenvalue weighted by Gasteiger charge is -2.35. The number of aromatic nitrogens is 1. The van der Waals surface area contributed by atoms with Crippen molar-refractivity contribution in [2.75, 3.05) is 43.0 Å². The quantitative estimate of drug-likeness (QED) is 0.877. The minimum atomic E-state index is -0.257. The van der Waals surface area contributed by atoms with Gasteiger partial charge in [0.1, 0.15) is 11.4 Å². The Morgan fingerprint density at radius 3 is 2.33 bits per heavy atom. The van der Waals surface area contributed by atoms with Gasteiger partial charge in [0.15, 0.2) is 0 Å². The molecule has 142 valence electrons. The molecule has 1 saturated heterocycles. The van der Waals surface area contributed by atoms with E-state index in [1.807, 2.05) is 30.0 Å². The summed E-state index contributed by atoms with van der Waals surface area (Å²) in [7, 11) is 0. The molecule has 7 heteroatoms. The Balaban J connectivity index is 1.58. The molecule has 0 saturated carbocycles. The monoisotopic (exact) mass is 368 g/mol. The first kappa shape index (κ1) is 18.7. The summed E-state index contributed by atoms with van der Waals surface area (Å²) < 4.78 is 5.39. The Hall–Kier alpha value is -3.09. The van der Waals surface area contributed by atoms with Crippen molar-refractivity contribution in [1.82, 2.24) is 9.88 Å². The van der Waals surface area contributed by atoms with Crippen LogP contribution < -0.4 is 15.0 Å². The van der Waals surface area contributed by atoms with Gasteiger partial charge in [-0.2, -0.15) is 0 Å². The summed E-state index contributed by atoms with van der Waals surface area (Å²) >= 11 is 0. The molecule has 1 fully saturated rings. The van der Waals surface area contributed by atoms with E-state index < -0.39 is 0 Å². The zero-order valence-electron chi connectivity index (χ0n) is 15.6. The predicted octanol–water partition coefficient (Wildman–Crippen LogP) is 2.40. The lowest BCUT2D eigenvalue weighted by Crippen LogP contribution is -2.48. The number of amides is 2. The summed E-state index contributed by atoms with van der Waals surface area (Å²) in [6.45, 7) is 7.05. The van der Waals surface area contributed by atoms with Crippen molar-refractivity contribution in [1.29, 1.82) is 0 Å². The summed E-state index contributed by atoms with van der Waals surface area (Å²) in [5.41, 5.74) is 2.00. The highest BCUT2D eigenvalue weighted by Crippen LogP contribution is 2.18. The summed E-state index contributed by atoms with van der Waals surface area (Å²) in [5, 5.41) is 2.83. The van der Waals surface area contributed by atoms with Crippen molar-refractivity contribution in [2.45, 2.75) is 13.8 Å². The molecule has 0 radical (unpaired) electrons. The topological polar surface area (TPSA) is 74.8 Å². The van der Waals surface area contributed by atoms with Gasteiger partial charge in [-0.25, -0.2) is 4.98 Å². The number of rotatable bonds is 5. The van der Waals surface area contributed by atoms with Gasteiger partial charge in [-0.1, -0.05) is 0 Å². The number of hydrogen-bond donors (Lipinski definition) is 1. The predicted molar refractivity (Wildman–Crippen MR) is 104 cm³/mol. The van der Waals surface area contributed by atoms with E-state index in [9.17, 15) is 9.59 Å². The van der Waals surface area contributed by atoms with Gasteiger partial charge in [0, 0.05) is 38.8 Å². The Morgan fingerprint density at radius 2 is 1.78 bits per heavy atom. The van der Waals surface area contributed by atoms with Crippen molar-refractivity contribution in [2.24, 2.45) is 0 Å². The molecule has 0 aliphatic carbocycles. The second-order valence-electron chi connectivity index (χ2n) is 6.31. The van der Waals surface area contributed by atoms with E-state index in [1.54, 1.807) is 31.3 Å². The highest BCUT2D eigenvalue weighted by atomic mass is 16.5. The maximum Gasteiger partial charge on any atom is 0.274 e. The maximum atomic E-state index is 12.4. The van der Waals surface area contributed by atoms with Crippen LogP contribution in [0.1, 0.15) is 24.3 Å². The lowest BCUT2D eigenvalue weighted by molar-refractivity contribution is -0.129. The van der Waals surface area contributed by atoms with Crippen LogP contribution in [0.3, 0.4) is 0 Å². The third kappa shape index (κ3) is 4.75. The number of hydrogen-bond acceptors (Lipinski definition) is 5. The smallest absolute Gasteiger partial charge is 0.274 e. The molecule has 1 aromatic carbocycles. The molecular formula is C20H24N4O3. The van der Waals surface area contributed by atoms with Gasteiger partial charge >= 0.3 is 0 Å². The largest absolute Gasteiger partial charge is 0.494 e. The van der Waals surface area contributed by atoms with Crippen LogP contribution in [0.15, 0.2) is 42.6 Å². The summed E-state index contributed by atoms with van der Waals surface area (Å²) in [5.74, 6) is 0.615. The van der Waals surface area contributed by atoms with E-state index in [-0.39, 0.29) is 11.8 Å². The van der Waals surface area contributed by atoms with Crippen LogP contribution in [0.4, 0.5) is 11.4 Å². The highest BCUT2D eigenvalue weighted by Gasteiger charge is 2.19. The van der Waals surface area contributed by atoms with E-state index >= 15 is 0 Å². The zero-order chi connectivity index (χ0) is 19.2. The molecule has 1 aliphatic heterocycles. The molecule has 1 N–H and O–H groups in total. The number of nitrogens with zero attached hydrogens (tertiary/aromatic N) is 3. The van der Waals surface area contributed by atoms with Gasteiger partial charge in [0.05, 0.1) is 18.5 Å². The van der Waals surface area contributed by atoms with E-state index in [1.165, 1.54) is 0 Å². The van der Waals surface area contributed by atoms with Gasteiger partial charge in [-0.05, 0) is 43.3 Å². The number of piperazine rings is 1. The molecule has 2 amide bonds. The van der Waals surface area contributed by atoms with Gasteiger partial charge < -0.3 is 19.9 Å². The number of pyridine rings is 1. The fourth-order valence-electron chi connectivity index (χ4n) is 2.98. The minimum absolute atomic E-state index is 0.106. The maximum absolute atomic E-state index is 12.4. The van der Waals surface area contributed by atoms with Crippen molar-refractivity contribution in [3.8, 4) is 5.75 Å². The average Bonchev–Trinajstić information content (AvgIpc) is 2.70. The average molecular weight is 368 g/mol. The van der Waals surface area contributed by atoms with Gasteiger partial charge in [0.25, 0.3) is 5.91 Å². The minimum Gasteiger partial charge on any atom is -0.494 e. The zero-order valence-corrected chi connectivity index (χ0v) is 15.6. The third-order valence-electron chi connectivity index (χ3n) is 4.49. The molecule has 0 bridgehead atoms. The van der Waals surface area contributed by atoms with Crippen LogP contribution in [-0.4, -0.2) is 54.5 Å². The van der Waals surface area contributed by atoms with Crippen LogP contribution in [0, 0.1) is 0 Å². The van der Waals surface area contributed by atoms with Crippen molar-refractivity contribution in [3.63, 3.8) is 0 Å². The Morgan fingerprint density at radius 1 is 1.07 bits per heavy atom. The van der Waals surface area contributed by atoms with E-state index in [2.05, 4.69) is 15.2 Å². The lowest BCUT2D eigenvalue weighted by atomic mass is 10.2. The molecule has 0 spiro atoms. The van der Waals surface area contributed by atoms with Crippen molar-refractivity contribution < 1.29 is 14.3 Å². The van der Waals surface area contributed by atoms with Gasteiger partial charge in [-0.15, -0.1) is 0 Å². The van der Waals surface area contributed by atoms with Crippen LogP contribution in [0.25, 0.3) is 0 Å². The number of carbonyl (C=O) groups is 2. The Labute approximate surface area is 158 Å². The van der Waals surface area contributed by atoms with Gasteiger partial charge in [-0.3, -0.25) is 9.59 Å². The summed E-state index contributed by atoms with van der Waals surface area (Å²) in [4.78, 5) is 32.1. The molecule has 3 rings (SSSR count). The number of carbonyl (C=O) groups excluding carboxylic acids is 2. The second-order valence-corrected chi connectivity index (χ2v) is 6.31. The Kier molecular flexibility index (Phi) is 5.90. The second kappa shape index (κ2) is 8.53. The molecule has 2 heterocycles. The van der Waals surface area contributed by atoms with Crippen LogP contribution in [0.2, 0.25) is 0 Å². The standard InChI is InChI=1S/C20H24N4O3/c1-3-27-18-7-4-16(5-8-18)22-20(26)19-9-6-17(14-21-19)24-12-10-23(11-13-24)15(2)25/h4-9,14H,3,10-13H2,1-2H3,(H,22,26). The van der Waals surface area contributed by atoms with Gasteiger partial charge in [0.2, 0.25) is 5.91 Å². The SMILES string of the molecule is CCOc1ccc(NC(=O)c2ccc(N3CCN(C(C)=O)CC3)cn2)cc1. The van der Waals surface area contributed by atoms with Crippen LogP contribution in [0.5, 0.6) is 5.75 Å². The van der Waals surface area contributed by atoms with E-state index in [4.69, 9.17) is 4.74 Å². The molecule has 2 aromatic rings. The third-order valence-corrected chi connectivity index (χ3v) is 4.49. The fraction of sp³-hybridized carbons (Fsp3) is 0.350. The highest BCUT2D eigenvalue weighted by molar-refractivity contribution is 6.02. The number of ether oxygens (including phenoxy) is 1. The van der Waals surface area contributed by atoms with Crippen LogP contribution in [-0.2, 0) is 4.79 Å². The first-order chi connectivity index (χ1) is 13.1. The summed E-state index contributed by atoms with van der Waals surface area (Å²) in [6, 6.07) is 10.8. The molecule has 7 nitrogen and oxygen atoms in total. The number of anilines is 2. The first-order valence-corrected chi connectivity index (χ1v) is 9.07. The molecule has 27 heavy (non-hydrogen) atoms. The molecular weight excluding hydrogens is 344 g/mol. The normalized spacial score (nSPS) is 14.0. The number of benzene rings is 1. The molecule has 0 unspecified atom stereocenters. The van der Waals surface area contributed by atoms with E-state index in [0.717, 1.165) is 24.5 Å². The van der Waals surface area contributed by atoms with Crippen molar-refractivity contribution >= 4 is 23.2 Å². The van der Waals surface area contributed by atoms with Crippen molar-refractivity contribution in [3.05, 3.63) is 48.3 Å². The summed E-state index contributed by atoms with van der Waals surface area (Å²) in [6.07, 6.45) is 1.70.